The SMILES string of the molecule is CN(C)C(=O)[C@]1(Cc2cccc(-c3ccccc3)c2)CN(C(=O)CN2CCCC2=O)CCO1. The molecule has 33 heavy (non-hydrogen) atoms. The number of amides is 3. The Morgan fingerprint density at radius 2 is 1.79 bits per heavy atom. The fraction of sp³-hybridized carbons (Fsp3) is 0.423. The number of likely N-dealkylation sites (N-methyl/N-ethyl adjacent to an activating group) is 1. The van der Waals surface area contributed by atoms with E-state index in [1.165, 1.54) is 4.90 Å². The van der Waals surface area contributed by atoms with Gasteiger partial charge in [0.05, 0.1) is 19.7 Å². The second-order valence-electron chi connectivity index (χ2n) is 9.02. The highest BCUT2D eigenvalue weighted by molar-refractivity contribution is 5.89. The molecular weight excluding hydrogens is 418 g/mol. The topological polar surface area (TPSA) is 70.2 Å². The third-order valence-electron chi connectivity index (χ3n) is 6.36. The van der Waals surface area contributed by atoms with Crippen LogP contribution in [0.15, 0.2) is 54.6 Å². The quantitative estimate of drug-likeness (QED) is 0.678. The van der Waals surface area contributed by atoms with E-state index in [4.69, 9.17) is 4.74 Å². The molecule has 2 aromatic rings. The molecule has 2 aromatic carbocycles. The van der Waals surface area contributed by atoms with E-state index >= 15 is 0 Å². The number of rotatable bonds is 6. The van der Waals surface area contributed by atoms with Crippen LogP contribution >= 0.6 is 0 Å². The maximum absolute atomic E-state index is 13.3. The third-order valence-corrected chi connectivity index (χ3v) is 6.36. The lowest BCUT2D eigenvalue weighted by Gasteiger charge is -2.43. The van der Waals surface area contributed by atoms with Gasteiger partial charge < -0.3 is 19.4 Å². The van der Waals surface area contributed by atoms with Crippen LogP contribution in [0, 0.1) is 0 Å². The Hall–Kier alpha value is -3.19. The number of carbonyl (C=O) groups excluding carboxylic acids is 3. The summed E-state index contributed by atoms with van der Waals surface area (Å²) in [5.74, 6) is -0.283. The van der Waals surface area contributed by atoms with Crippen LogP contribution in [0.3, 0.4) is 0 Å². The van der Waals surface area contributed by atoms with Gasteiger partial charge in [-0.1, -0.05) is 54.6 Å². The largest absolute Gasteiger partial charge is 0.361 e. The van der Waals surface area contributed by atoms with Gasteiger partial charge in [-0.05, 0) is 23.1 Å². The van der Waals surface area contributed by atoms with Gasteiger partial charge in [-0.3, -0.25) is 14.4 Å². The van der Waals surface area contributed by atoms with E-state index in [0.717, 1.165) is 23.1 Å². The molecular formula is C26H31N3O4. The first kappa shape index (κ1) is 23.0. The predicted octanol–water partition coefficient (Wildman–Crippen LogP) is 2.20. The van der Waals surface area contributed by atoms with E-state index in [0.29, 0.717) is 25.9 Å². The van der Waals surface area contributed by atoms with Gasteiger partial charge in [0.2, 0.25) is 11.8 Å². The maximum atomic E-state index is 13.3. The van der Waals surface area contributed by atoms with E-state index in [9.17, 15) is 14.4 Å². The van der Waals surface area contributed by atoms with Crippen LogP contribution in [-0.2, 0) is 25.5 Å². The zero-order chi connectivity index (χ0) is 23.4. The molecule has 4 rings (SSSR count). The van der Waals surface area contributed by atoms with Crippen molar-refractivity contribution in [3.63, 3.8) is 0 Å². The van der Waals surface area contributed by atoms with Crippen molar-refractivity contribution < 1.29 is 19.1 Å². The predicted molar refractivity (Wildman–Crippen MR) is 125 cm³/mol. The molecule has 2 saturated heterocycles. The summed E-state index contributed by atoms with van der Waals surface area (Å²) >= 11 is 0. The fourth-order valence-corrected chi connectivity index (χ4v) is 4.67. The number of carbonyl (C=O) groups is 3. The molecule has 2 heterocycles. The number of nitrogens with zero attached hydrogens (tertiary/aromatic N) is 3. The van der Waals surface area contributed by atoms with Crippen LogP contribution in [0.4, 0.5) is 0 Å². The molecule has 2 aliphatic heterocycles. The molecule has 3 amide bonds. The Labute approximate surface area is 194 Å². The van der Waals surface area contributed by atoms with Gasteiger partial charge in [0, 0.05) is 40.0 Å². The minimum absolute atomic E-state index is 0.0185. The van der Waals surface area contributed by atoms with Crippen molar-refractivity contribution in [3.8, 4) is 11.1 Å². The summed E-state index contributed by atoms with van der Waals surface area (Å²) in [4.78, 5) is 43.2. The van der Waals surface area contributed by atoms with E-state index in [-0.39, 0.29) is 37.4 Å². The highest BCUT2D eigenvalue weighted by atomic mass is 16.5. The second kappa shape index (κ2) is 9.75. The summed E-state index contributed by atoms with van der Waals surface area (Å²) in [5, 5.41) is 0. The lowest BCUT2D eigenvalue weighted by Crippen LogP contribution is -2.62. The standard InChI is InChI=1S/C26H31N3O4/c1-27(2)25(32)26(17-20-8-6-11-22(16-20)21-9-4-3-5-10-21)19-29(14-15-33-26)24(31)18-28-13-7-12-23(28)30/h3-6,8-11,16H,7,12-15,17-19H2,1-2H3/t26-/m0/s1. The Morgan fingerprint density at radius 3 is 2.48 bits per heavy atom. The average Bonchev–Trinajstić information content (AvgIpc) is 3.23. The average molecular weight is 450 g/mol. The van der Waals surface area contributed by atoms with Crippen molar-refractivity contribution in [1.82, 2.24) is 14.7 Å². The number of hydrogen-bond donors (Lipinski definition) is 0. The summed E-state index contributed by atoms with van der Waals surface area (Å²) in [7, 11) is 3.41. The molecule has 0 bridgehead atoms. The first-order valence-electron chi connectivity index (χ1n) is 11.4. The first-order valence-corrected chi connectivity index (χ1v) is 11.4. The van der Waals surface area contributed by atoms with Crippen molar-refractivity contribution in [1.29, 1.82) is 0 Å². The smallest absolute Gasteiger partial charge is 0.256 e. The number of hydrogen-bond acceptors (Lipinski definition) is 4. The van der Waals surface area contributed by atoms with Gasteiger partial charge in [0.15, 0.2) is 5.60 Å². The second-order valence-corrected chi connectivity index (χ2v) is 9.02. The van der Waals surface area contributed by atoms with Crippen LogP contribution in [0.1, 0.15) is 18.4 Å². The molecule has 0 spiro atoms. The minimum atomic E-state index is -1.16. The molecule has 1 atom stereocenters. The molecule has 2 fully saturated rings. The Kier molecular flexibility index (Phi) is 6.79. The summed E-state index contributed by atoms with van der Waals surface area (Å²) in [6.45, 7) is 1.53. The Balaban J connectivity index is 1.57. The molecule has 0 aromatic heterocycles. The highest BCUT2D eigenvalue weighted by Gasteiger charge is 2.46. The lowest BCUT2D eigenvalue weighted by atomic mass is 9.89. The van der Waals surface area contributed by atoms with Crippen molar-refractivity contribution in [2.24, 2.45) is 0 Å². The zero-order valence-electron chi connectivity index (χ0n) is 19.3. The monoisotopic (exact) mass is 449 g/mol. The number of likely N-dealkylation sites (tertiary alicyclic amines) is 1. The van der Waals surface area contributed by atoms with E-state index in [2.05, 4.69) is 18.2 Å². The van der Waals surface area contributed by atoms with Gasteiger partial charge in [-0.15, -0.1) is 0 Å². The van der Waals surface area contributed by atoms with E-state index in [1.807, 2.05) is 36.4 Å². The third kappa shape index (κ3) is 5.09. The van der Waals surface area contributed by atoms with Gasteiger partial charge in [-0.2, -0.15) is 0 Å². The zero-order valence-corrected chi connectivity index (χ0v) is 19.3. The summed E-state index contributed by atoms with van der Waals surface area (Å²) in [5.41, 5.74) is 1.97. The fourth-order valence-electron chi connectivity index (χ4n) is 4.67. The van der Waals surface area contributed by atoms with Gasteiger partial charge >= 0.3 is 0 Å². The highest BCUT2D eigenvalue weighted by Crippen LogP contribution is 2.28. The maximum Gasteiger partial charge on any atom is 0.256 e. The summed E-state index contributed by atoms with van der Waals surface area (Å²) < 4.78 is 6.14. The molecule has 2 aliphatic rings. The van der Waals surface area contributed by atoms with E-state index in [1.54, 1.807) is 23.9 Å². The molecule has 7 nitrogen and oxygen atoms in total. The van der Waals surface area contributed by atoms with Crippen LogP contribution in [0.5, 0.6) is 0 Å². The lowest BCUT2D eigenvalue weighted by molar-refractivity contribution is -0.173. The molecule has 174 valence electrons. The van der Waals surface area contributed by atoms with Gasteiger partial charge in [-0.25, -0.2) is 0 Å². The molecule has 0 aliphatic carbocycles. The molecule has 0 saturated carbocycles. The van der Waals surface area contributed by atoms with Crippen molar-refractivity contribution in [2.75, 3.05) is 46.9 Å². The normalized spacial score (nSPS) is 20.7. The summed E-state index contributed by atoms with van der Waals surface area (Å²) in [6, 6.07) is 18.2. The van der Waals surface area contributed by atoms with Gasteiger partial charge in [0.25, 0.3) is 5.91 Å². The number of morpholine rings is 1. The molecule has 0 unspecified atom stereocenters. The molecule has 0 radical (unpaired) electrons. The molecule has 7 heteroatoms. The number of benzene rings is 2. The van der Waals surface area contributed by atoms with Crippen LogP contribution in [0.25, 0.3) is 11.1 Å². The summed E-state index contributed by atoms with van der Waals surface area (Å²) in [6.07, 6.45) is 1.64. The van der Waals surface area contributed by atoms with Crippen LogP contribution in [0.2, 0.25) is 0 Å². The van der Waals surface area contributed by atoms with E-state index < -0.39 is 5.60 Å². The minimum Gasteiger partial charge on any atom is -0.361 e. The Bertz CT molecular complexity index is 1020. The van der Waals surface area contributed by atoms with Crippen LogP contribution in [-0.4, -0.2) is 84.9 Å². The number of ether oxygens (including phenoxy) is 1. The first-order chi connectivity index (χ1) is 15.9. The van der Waals surface area contributed by atoms with Gasteiger partial charge in [0.1, 0.15) is 0 Å². The molecule has 0 N–H and O–H groups in total. The van der Waals surface area contributed by atoms with Crippen LogP contribution < -0.4 is 0 Å². The Morgan fingerprint density at radius 1 is 1.03 bits per heavy atom. The van der Waals surface area contributed by atoms with Crippen molar-refractivity contribution in [2.45, 2.75) is 24.9 Å². The van der Waals surface area contributed by atoms with Crippen molar-refractivity contribution in [3.05, 3.63) is 60.2 Å². The van der Waals surface area contributed by atoms with Crippen molar-refractivity contribution >= 4 is 17.7 Å².